The minimum atomic E-state index is -0.216. The maximum Gasteiger partial charge on any atom is 0.258 e. The Bertz CT molecular complexity index is 871. The van der Waals surface area contributed by atoms with Gasteiger partial charge in [0.15, 0.2) is 0 Å². The van der Waals surface area contributed by atoms with Crippen LogP contribution in [0.2, 0.25) is 0 Å². The van der Waals surface area contributed by atoms with Gasteiger partial charge in [0.1, 0.15) is 6.33 Å². The van der Waals surface area contributed by atoms with Gasteiger partial charge in [-0.15, -0.1) is 5.10 Å². The van der Waals surface area contributed by atoms with Crippen molar-refractivity contribution >= 4 is 17.5 Å². The second-order valence-corrected chi connectivity index (χ2v) is 6.63. The van der Waals surface area contributed by atoms with E-state index in [2.05, 4.69) is 41.1 Å². The third-order valence-electron chi connectivity index (χ3n) is 4.37. The molecule has 0 fully saturated rings. The standard InChI is InChI=1S/C21H25N5O/c1-4-26(16(2)3)19-12-10-18(11-13-19)20(27)23-21-22-15-25(24-21)14-17-8-6-5-7-9-17/h5-13,15-16H,4,14H2,1-3H3,(H,23,24,27). The smallest absolute Gasteiger partial charge is 0.258 e. The first-order valence-corrected chi connectivity index (χ1v) is 9.18. The summed E-state index contributed by atoms with van der Waals surface area (Å²) in [6.45, 7) is 7.97. The Morgan fingerprint density at radius 1 is 1.11 bits per heavy atom. The Kier molecular flexibility index (Phi) is 5.86. The summed E-state index contributed by atoms with van der Waals surface area (Å²) in [7, 11) is 0. The molecule has 0 spiro atoms. The molecule has 1 amide bonds. The summed E-state index contributed by atoms with van der Waals surface area (Å²) in [6, 6.07) is 18.0. The average molecular weight is 363 g/mol. The molecule has 0 atom stereocenters. The van der Waals surface area contributed by atoms with E-state index in [1.54, 1.807) is 11.0 Å². The van der Waals surface area contributed by atoms with E-state index in [1.165, 1.54) is 0 Å². The fraction of sp³-hybridized carbons (Fsp3) is 0.286. The van der Waals surface area contributed by atoms with Crippen molar-refractivity contribution in [1.29, 1.82) is 0 Å². The lowest BCUT2D eigenvalue weighted by Crippen LogP contribution is -2.30. The van der Waals surface area contributed by atoms with Gasteiger partial charge in [-0.05, 0) is 50.6 Å². The number of carbonyl (C=O) groups excluding carboxylic acids is 1. The van der Waals surface area contributed by atoms with Crippen LogP contribution in [0.5, 0.6) is 0 Å². The summed E-state index contributed by atoms with van der Waals surface area (Å²) in [5.41, 5.74) is 2.81. The third-order valence-corrected chi connectivity index (χ3v) is 4.37. The quantitative estimate of drug-likeness (QED) is 0.693. The van der Waals surface area contributed by atoms with Crippen molar-refractivity contribution in [3.05, 3.63) is 72.1 Å². The number of amides is 1. The molecule has 6 nitrogen and oxygen atoms in total. The number of carbonyl (C=O) groups is 1. The Morgan fingerprint density at radius 2 is 1.81 bits per heavy atom. The van der Waals surface area contributed by atoms with E-state index in [4.69, 9.17) is 0 Å². The summed E-state index contributed by atoms with van der Waals surface area (Å²) < 4.78 is 1.70. The number of benzene rings is 2. The van der Waals surface area contributed by atoms with Crippen LogP contribution in [-0.4, -0.2) is 33.3 Å². The first-order valence-electron chi connectivity index (χ1n) is 9.18. The topological polar surface area (TPSA) is 63.1 Å². The van der Waals surface area contributed by atoms with Crippen LogP contribution in [-0.2, 0) is 6.54 Å². The van der Waals surface area contributed by atoms with Crippen molar-refractivity contribution in [2.24, 2.45) is 0 Å². The summed E-state index contributed by atoms with van der Waals surface area (Å²) in [5, 5.41) is 7.07. The Labute approximate surface area is 159 Å². The Hall–Kier alpha value is -3.15. The monoisotopic (exact) mass is 363 g/mol. The van der Waals surface area contributed by atoms with Crippen LogP contribution in [0.3, 0.4) is 0 Å². The lowest BCUT2D eigenvalue weighted by Gasteiger charge is -2.27. The highest BCUT2D eigenvalue weighted by molar-refractivity contribution is 6.03. The molecule has 0 bridgehead atoms. The highest BCUT2D eigenvalue weighted by atomic mass is 16.1. The predicted octanol–water partition coefficient (Wildman–Crippen LogP) is 3.81. The minimum absolute atomic E-state index is 0.216. The third kappa shape index (κ3) is 4.73. The zero-order valence-electron chi connectivity index (χ0n) is 16.0. The Balaban J connectivity index is 1.64. The molecule has 1 heterocycles. The fourth-order valence-electron chi connectivity index (χ4n) is 3.02. The molecular weight excluding hydrogens is 338 g/mol. The largest absolute Gasteiger partial charge is 0.369 e. The second kappa shape index (κ2) is 8.49. The SMILES string of the molecule is CCN(c1ccc(C(=O)Nc2ncn(Cc3ccccc3)n2)cc1)C(C)C. The number of aromatic nitrogens is 3. The maximum absolute atomic E-state index is 12.5. The van der Waals surface area contributed by atoms with Gasteiger partial charge in [-0.1, -0.05) is 30.3 Å². The minimum Gasteiger partial charge on any atom is -0.369 e. The van der Waals surface area contributed by atoms with E-state index < -0.39 is 0 Å². The van der Waals surface area contributed by atoms with E-state index in [-0.39, 0.29) is 5.91 Å². The Morgan fingerprint density at radius 3 is 2.44 bits per heavy atom. The van der Waals surface area contributed by atoms with E-state index in [9.17, 15) is 4.79 Å². The molecule has 0 saturated carbocycles. The molecule has 0 aliphatic carbocycles. The number of nitrogens with zero attached hydrogens (tertiary/aromatic N) is 4. The van der Waals surface area contributed by atoms with Crippen molar-refractivity contribution in [2.45, 2.75) is 33.4 Å². The second-order valence-electron chi connectivity index (χ2n) is 6.63. The van der Waals surface area contributed by atoms with Crippen LogP contribution < -0.4 is 10.2 Å². The van der Waals surface area contributed by atoms with Gasteiger partial charge in [0.2, 0.25) is 5.95 Å². The maximum atomic E-state index is 12.5. The molecule has 0 unspecified atom stereocenters. The van der Waals surface area contributed by atoms with Crippen LogP contribution in [0.15, 0.2) is 60.9 Å². The molecule has 0 saturated heterocycles. The number of hydrogen-bond acceptors (Lipinski definition) is 4. The number of nitrogens with one attached hydrogen (secondary N) is 1. The fourth-order valence-corrected chi connectivity index (χ4v) is 3.02. The van der Waals surface area contributed by atoms with Crippen molar-refractivity contribution in [3.8, 4) is 0 Å². The molecule has 6 heteroatoms. The predicted molar refractivity (Wildman–Crippen MR) is 108 cm³/mol. The number of anilines is 2. The first-order chi connectivity index (χ1) is 13.1. The highest BCUT2D eigenvalue weighted by Gasteiger charge is 2.12. The van der Waals surface area contributed by atoms with Gasteiger partial charge in [0.25, 0.3) is 5.91 Å². The molecule has 0 aliphatic heterocycles. The normalized spacial score (nSPS) is 10.8. The van der Waals surface area contributed by atoms with E-state index >= 15 is 0 Å². The van der Waals surface area contributed by atoms with Gasteiger partial charge >= 0.3 is 0 Å². The van der Waals surface area contributed by atoms with Crippen molar-refractivity contribution in [3.63, 3.8) is 0 Å². The highest BCUT2D eigenvalue weighted by Crippen LogP contribution is 2.18. The van der Waals surface area contributed by atoms with Gasteiger partial charge in [-0.2, -0.15) is 0 Å². The molecule has 0 aliphatic rings. The summed E-state index contributed by atoms with van der Waals surface area (Å²) in [6.07, 6.45) is 1.62. The lowest BCUT2D eigenvalue weighted by molar-refractivity contribution is 0.102. The zero-order valence-corrected chi connectivity index (χ0v) is 16.0. The number of hydrogen-bond donors (Lipinski definition) is 1. The van der Waals surface area contributed by atoms with Gasteiger partial charge in [0.05, 0.1) is 6.54 Å². The molecule has 27 heavy (non-hydrogen) atoms. The van der Waals surface area contributed by atoms with Crippen LogP contribution in [0.25, 0.3) is 0 Å². The summed E-state index contributed by atoms with van der Waals surface area (Å²) in [5.74, 6) is 0.0870. The van der Waals surface area contributed by atoms with Gasteiger partial charge in [-0.3, -0.25) is 10.1 Å². The van der Waals surface area contributed by atoms with Gasteiger partial charge in [0, 0.05) is 23.8 Å². The molecule has 140 valence electrons. The zero-order chi connectivity index (χ0) is 19.2. The first kappa shape index (κ1) is 18.6. The molecule has 1 N–H and O–H groups in total. The molecule has 2 aromatic carbocycles. The van der Waals surface area contributed by atoms with Crippen LogP contribution in [0.4, 0.5) is 11.6 Å². The molecule has 1 aromatic heterocycles. The van der Waals surface area contributed by atoms with Crippen LogP contribution in [0.1, 0.15) is 36.7 Å². The van der Waals surface area contributed by atoms with Crippen molar-refractivity contribution < 1.29 is 4.79 Å². The molecule has 3 rings (SSSR count). The van der Waals surface area contributed by atoms with Gasteiger partial charge in [-0.25, -0.2) is 9.67 Å². The average Bonchev–Trinajstić information content (AvgIpc) is 3.10. The number of rotatable bonds is 7. The van der Waals surface area contributed by atoms with E-state index in [0.29, 0.717) is 24.1 Å². The van der Waals surface area contributed by atoms with Crippen LogP contribution >= 0.6 is 0 Å². The molecule has 0 radical (unpaired) electrons. The van der Waals surface area contributed by atoms with E-state index in [1.807, 2.05) is 54.6 Å². The molecular formula is C21H25N5O. The van der Waals surface area contributed by atoms with E-state index in [0.717, 1.165) is 17.8 Å². The van der Waals surface area contributed by atoms with Crippen LogP contribution in [0, 0.1) is 0 Å². The summed E-state index contributed by atoms with van der Waals surface area (Å²) >= 11 is 0. The van der Waals surface area contributed by atoms with Gasteiger partial charge < -0.3 is 4.90 Å². The summed E-state index contributed by atoms with van der Waals surface area (Å²) in [4.78, 5) is 18.9. The lowest BCUT2D eigenvalue weighted by atomic mass is 10.1. The van der Waals surface area contributed by atoms with Crippen molar-refractivity contribution in [2.75, 3.05) is 16.8 Å². The van der Waals surface area contributed by atoms with Crippen molar-refractivity contribution in [1.82, 2.24) is 14.8 Å². The molecule has 3 aromatic rings.